The van der Waals surface area contributed by atoms with Crippen LogP contribution in [0.1, 0.15) is 30.5 Å². The van der Waals surface area contributed by atoms with Crippen LogP contribution >= 0.6 is 0 Å². The third-order valence-corrected chi connectivity index (χ3v) is 2.83. The van der Waals surface area contributed by atoms with E-state index in [4.69, 9.17) is 5.11 Å². The maximum absolute atomic E-state index is 11.3. The minimum absolute atomic E-state index is 0.0725. The van der Waals surface area contributed by atoms with E-state index >= 15 is 0 Å². The van der Waals surface area contributed by atoms with Crippen molar-refractivity contribution in [2.45, 2.75) is 31.9 Å². The van der Waals surface area contributed by atoms with E-state index in [1.807, 2.05) is 18.2 Å². The van der Waals surface area contributed by atoms with Crippen molar-refractivity contribution in [1.29, 1.82) is 0 Å². The highest BCUT2D eigenvalue weighted by atomic mass is 16.3. The summed E-state index contributed by atoms with van der Waals surface area (Å²) in [4.78, 5) is 11.3. The molecule has 1 aliphatic carbocycles. The molecule has 2 unspecified atom stereocenters. The second-order valence-corrected chi connectivity index (χ2v) is 3.97. The summed E-state index contributed by atoms with van der Waals surface area (Å²) in [6.45, 7) is 1.48. The van der Waals surface area contributed by atoms with Crippen LogP contribution in [0.25, 0.3) is 0 Å². The topological polar surface area (TPSA) is 49.3 Å². The van der Waals surface area contributed by atoms with Gasteiger partial charge in [0.1, 0.15) is 6.10 Å². The Kier molecular flexibility index (Phi) is 2.73. The fraction of sp³-hybridized carbons (Fsp3) is 0.417. The number of nitrogens with one attached hydrogen (secondary N) is 1. The molecule has 2 rings (SSSR count). The van der Waals surface area contributed by atoms with Gasteiger partial charge in [0.25, 0.3) is 0 Å². The van der Waals surface area contributed by atoms with Gasteiger partial charge in [0, 0.05) is 0 Å². The minimum atomic E-state index is -0.933. The maximum atomic E-state index is 11.3. The van der Waals surface area contributed by atoms with Gasteiger partial charge in [0.05, 0.1) is 6.04 Å². The van der Waals surface area contributed by atoms with E-state index in [1.165, 1.54) is 18.1 Å². The van der Waals surface area contributed by atoms with Crippen LogP contribution < -0.4 is 5.32 Å². The van der Waals surface area contributed by atoms with Crippen LogP contribution in [-0.4, -0.2) is 17.1 Å². The molecule has 2 N–H and O–H groups in total. The normalized spacial score (nSPS) is 20.8. The summed E-state index contributed by atoms with van der Waals surface area (Å²) in [5.74, 6) is -0.295. The molecule has 0 saturated heterocycles. The van der Waals surface area contributed by atoms with Crippen LogP contribution in [0, 0.1) is 0 Å². The van der Waals surface area contributed by atoms with E-state index in [1.54, 1.807) is 0 Å². The molecule has 0 aliphatic heterocycles. The zero-order valence-electron chi connectivity index (χ0n) is 8.73. The van der Waals surface area contributed by atoms with Crippen molar-refractivity contribution >= 4 is 5.91 Å². The number of aliphatic hydroxyl groups excluding tert-OH is 1. The first kappa shape index (κ1) is 10.2. The summed E-state index contributed by atoms with van der Waals surface area (Å²) in [6.07, 6.45) is 0.997. The highest BCUT2D eigenvalue weighted by Crippen LogP contribution is 2.30. The number of aliphatic hydroxyl groups is 1. The largest absolute Gasteiger partial charge is 0.384 e. The average molecular weight is 205 g/mol. The van der Waals surface area contributed by atoms with Crippen molar-refractivity contribution < 1.29 is 9.90 Å². The lowest BCUT2D eigenvalue weighted by molar-refractivity contribution is -0.129. The molecule has 80 valence electrons. The summed E-state index contributed by atoms with van der Waals surface area (Å²) in [5.41, 5.74) is 2.49. The monoisotopic (exact) mass is 205 g/mol. The van der Waals surface area contributed by atoms with Crippen molar-refractivity contribution in [2.24, 2.45) is 0 Å². The number of rotatable bonds is 2. The van der Waals surface area contributed by atoms with Crippen molar-refractivity contribution in [3.05, 3.63) is 35.4 Å². The quantitative estimate of drug-likeness (QED) is 0.761. The molecule has 2 atom stereocenters. The fourth-order valence-electron chi connectivity index (χ4n) is 2.00. The Balaban J connectivity index is 2.11. The molecule has 0 bridgehead atoms. The highest BCUT2D eigenvalue weighted by Gasteiger charge is 2.24. The number of carbonyl (C=O) groups excluding carboxylic acids is 1. The average Bonchev–Trinajstić information content (AvgIpc) is 2.62. The smallest absolute Gasteiger partial charge is 0.249 e. The van der Waals surface area contributed by atoms with Gasteiger partial charge in [-0.15, -0.1) is 0 Å². The van der Waals surface area contributed by atoms with Gasteiger partial charge in [-0.25, -0.2) is 0 Å². The molecule has 1 amide bonds. The first-order valence-corrected chi connectivity index (χ1v) is 5.24. The summed E-state index contributed by atoms with van der Waals surface area (Å²) in [5, 5.41) is 12.0. The van der Waals surface area contributed by atoms with Crippen molar-refractivity contribution in [3.63, 3.8) is 0 Å². The van der Waals surface area contributed by atoms with Gasteiger partial charge in [0.15, 0.2) is 0 Å². The Morgan fingerprint density at radius 2 is 2.27 bits per heavy atom. The van der Waals surface area contributed by atoms with Crippen LogP contribution in [0.15, 0.2) is 24.3 Å². The van der Waals surface area contributed by atoms with Crippen molar-refractivity contribution in [2.75, 3.05) is 0 Å². The molecule has 0 saturated carbocycles. The number of hydrogen-bond acceptors (Lipinski definition) is 2. The first-order valence-electron chi connectivity index (χ1n) is 5.24. The lowest BCUT2D eigenvalue weighted by Crippen LogP contribution is -2.34. The van der Waals surface area contributed by atoms with Gasteiger partial charge >= 0.3 is 0 Å². The Bertz CT molecular complexity index is 374. The lowest BCUT2D eigenvalue weighted by atomic mass is 10.1. The lowest BCUT2D eigenvalue weighted by Gasteiger charge is -2.15. The van der Waals surface area contributed by atoms with Gasteiger partial charge in [0.2, 0.25) is 5.91 Å². The second kappa shape index (κ2) is 4.03. The number of amides is 1. The molecular formula is C12H15NO2. The summed E-state index contributed by atoms with van der Waals surface area (Å²) < 4.78 is 0. The van der Waals surface area contributed by atoms with E-state index in [-0.39, 0.29) is 11.9 Å². The molecule has 1 aliphatic rings. The van der Waals surface area contributed by atoms with Gasteiger partial charge in [-0.1, -0.05) is 24.3 Å². The van der Waals surface area contributed by atoms with Gasteiger partial charge in [-0.2, -0.15) is 0 Å². The Morgan fingerprint density at radius 3 is 3.00 bits per heavy atom. The van der Waals surface area contributed by atoms with Crippen molar-refractivity contribution in [3.8, 4) is 0 Å². The number of benzene rings is 1. The van der Waals surface area contributed by atoms with Gasteiger partial charge in [-0.05, 0) is 30.9 Å². The number of aryl methyl sites for hydroxylation is 1. The minimum Gasteiger partial charge on any atom is -0.384 e. The molecule has 3 heteroatoms. The molecule has 0 spiro atoms. The van der Waals surface area contributed by atoms with Gasteiger partial charge < -0.3 is 10.4 Å². The zero-order chi connectivity index (χ0) is 10.8. The predicted octanol–water partition coefficient (Wildman–Crippen LogP) is 1.17. The van der Waals surface area contributed by atoms with E-state index in [0.717, 1.165) is 12.8 Å². The molecule has 15 heavy (non-hydrogen) atoms. The molecule has 0 heterocycles. The van der Waals surface area contributed by atoms with E-state index < -0.39 is 6.10 Å². The summed E-state index contributed by atoms with van der Waals surface area (Å²) >= 11 is 0. The molecule has 3 nitrogen and oxygen atoms in total. The van der Waals surface area contributed by atoms with Crippen LogP contribution in [0.2, 0.25) is 0 Å². The van der Waals surface area contributed by atoms with Crippen LogP contribution in [0.5, 0.6) is 0 Å². The second-order valence-electron chi connectivity index (χ2n) is 3.97. The van der Waals surface area contributed by atoms with E-state index in [9.17, 15) is 4.79 Å². The van der Waals surface area contributed by atoms with Crippen LogP contribution in [-0.2, 0) is 11.2 Å². The Morgan fingerprint density at radius 1 is 1.53 bits per heavy atom. The number of fused-ring (bicyclic) bond motifs is 1. The molecule has 0 radical (unpaired) electrons. The molecule has 0 aromatic heterocycles. The first-order chi connectivity index (χ1) is 7.18. The third-order valence-electron chi connectivity index (χ3n) is 2.83. The summed E-state index contributed by atoms with van der Waals surface area (Å²) in [6, 6.07) is 8.19. The third kappa shape index (κ3) is 2.02. The molecule has 0 fully saturated rings. The van der Waals surface area contributed by atoms with E-state index in [0.29, 0.717) is 0 Å². The Labute approximate surface area is 89.1 Å². The van der Waals surface area contributed by atoms with E-state index in [2.05, 4.69) is 11.4 Å². The number of hydrogen-bond donors (Lipinski definition) is 2. The molecule has 1 aromatic rings. The molecule has 1 aromatic carbocycles. The SMILES string of the molecule is CC(O)C(=O)NC1CCc2ccccc21. The van der Waals surface area contributed by atoms with Crippen molar-refractivity contribution in [1.82, 2.24) is 5.32 Å². The van der Waals surface area contributed by atoms with Crippen LogP contribution in [0.4, 0.5) is 0 Å². The predicted molar refractivity (Wildman–Crippen MR) is 57.3 cm³/mol. The highest BCUT2D eigenvalue weighted by molar-refractivity contribution is 5.80. The Hall–Kier alpha value is -1.35. The maximum Gasteiger partial charge on any atom is 0.249 e. The standard InChI is InChI=1S/C12H15NO2/c1-8(14)12(15)13-11-7-6-9-4-2-3-5-10(9)11/h2-5,8,11,14H,6-7H2,1H3,(H,13,15). The summed E-state index contributed by atoms with van der Waals surface area (Å²) in [7, 11) is 0. The van der Waals surface area contributed by atoms with Crippen LogP contribution in [0.3, 0.4) is 0 Å². The molecular weight excluding hydrogens is 190 g/mol. The number of carbonyl (C=O) groups is 1. The van der Waals surface area contributed by atoms with Gasteiger partial charge in [-0.3, -0.25) is 4.79 Å². The zero-order valence-corrected chi connectivity index (χ0v) is 8.73. The fourth-order valence-corrected chi connectivity index (χ4v) is 2.00.